The lowest BCUT2D eigenvalue weighted by molar-refractivity contribution is 0.0956. The molecule has 0 spiro atoms. The fraction of sp³-hybridized carbons (Fsp3) is 0.207. The number of amides is 1. The minimum atomic E-state index is -5.31. The number of nitrogens with two attached hydrogens (primary N) is 1. The molecule has 1 amide bonds. The molecule has 0 fully saturated rings. The highest BCUT2D eigenvalue weighted by molar-refractivity contribution is 7.91. The van der Waals surface area contributed by atoms with Crippen LogP contribution in [0.5, 0.6) is 5.75 Å². The number of hydrogen-bond donors (Lipinski definition) is 7. The minimum Gasteiger partial charge on any atom is -0.505 e. The van der Waals surface area contributed by atoms with E-state index in [0.717, 1.165) is 30.3 Å². The first-order chi connectivity index (χ1) is 28.0. The molecule has 0 atom stereocenters. The molecule has 0 heterocycles. The van der Waals surface area contributed by atoms with Crippen LogP contribution in [0.3, 0.4) is 0 Å². The number of hydrogen-bond acceptors (Lipinski definition) is 21. The fourth-order valence-corrected chi connectivity index (χ4v) is 9.08. The first-order valence-electron chi connectivity index (χ1n) is 16.0. The lowest BCUT2D eigenvalue weighted by atomic mass is 10.1. The molecule has 0 aliphatic carbocycles. The number of rotatable bonds is 19. The third kappa shape index (κ3) is 13.7. The second kappa shape index (κ2) is 18.5. The number of phenols is 1. The van der Waals surface area contributed by atoms with Gasteiger partial charge >= 0.3 is 20.8 Å². The number of azo groups is 2. The molecule has 0 bridgehead atoms. The van der Waals surface area contributed by atoms with Gasteiger partial charge in [0.25, 0.3) is 26.1 Å². The van der Waals surface area contributed by atoms with Gasteiger partial charge in [0.15, 0.2) is 25.4 Å². The molecular formula is C29H30N6O20S6. The van der Waals surface area contributed by atoms with E-state index in [9.17, 15) is 69.5 Å². The molecule has 0 aliphatic heterocycles. The van der Waals surface area contributed by atoms with Crippen molar-refractivity contribution in [2.75, 3.05) is 42.8 Å². The Balaban J connectivity index is 1.68. The second-order valence-corrected chi connectivity index (χ2v) is 21.3. The maximum atomic E-state index is 12.7. The van der Waals surface area contributed by atoms with E-state index in [0.29, 0.717) is 12.1 Å². The zero-order valence-electron chi connectivity index (χ0n) is 30.2. The van der Waals surface area contributed by atoms with E-state index in [-0.39, 0.29) is 21.8 Å². The topological polar surface area (TPSA) is 429 Å². The van der Waals surface area contributed by atoms with Crippen LogP contribution in [0, 0.1) is 0 Å². The van der Waals surface area contributed by atoms with Crippen LogP contribution in [0.25, 0.3) is 10.8 Å². The average molecular weight is 975 g/mol. The van der Waals surface area contributed by atoms with Crippen molar-refractivity contribution in [2.24, 2.45) is 20.5 Å². The highest BCUT2D eigenvalue weighted by atomic mass is 32.3. The van der Waals surface area contributed by atoms with Crippen molar-refractivity contribution < 1.29 is 87.0 Å². The predicted octanol–water partition coefficient (Wildman–Crippen LogP) is 2.01. The van der Waals surface area contributed by atoms with E-state index >= 15 is 0 Å². The molecule has 0 saturated carbocycles. The zero-order valence-corrected chi connectivity index (χ0v) is 35.1. The summed E-state index contributed by atoms with van der Waals surface area (Å²) in [6.45, 7) is -2.25. The van der Waals surface area contributed by atoms with Crippen LogP contribution in [-0.4, -0.2) is 117 Å². The number of phenolic OH excluding ortho intramolecular Hbond substituents is 1. The number of benzene rings is 4. The SMILES string of the molecule is Nc1c(/N=N/c2ccc(S(=O)(=O)CCOS(=O)(=O)O)cc2)c(S(=O)(=O)O)cc2cc(S(=O)(=O)O)c(/N=N/c3cccc(C(=O)NCCS(=O)(=O)CCOS(=O)(=O)O)c3)c(O)c12. The molecule has 26 nitrogen and oxygen atoms in total. The van der Waals surface area contributed by atoms with Gasteiger partial charge in [-0.3, -0.25) is 23.0 Å². The van der Waals surface area contributed by atoms with E-state index in [1.165, 1.54) is 18.2 Å². The number of fused-ring (bicyclic) bond motifs is 1. The van der Waals surface area contributed by atoms with Gasteiger partial charge in [-0.25, -0.2) is 25.2 Å². The van der Waals surface area contributed by atoms with Crippen LogP contribution in [0.15, 0.2) is 95.8 Å². The quantitative estimate of drug-likeness (QED) is 0.0401. The van der Waals surface area contributed by atoms with Gasteiger partial charge in [0.1, 0.15) is 21.2 Å². The van der Waals surface area contributed by atoms with Gasteiger partial charge in [-0.15, -0.1) is 10.2 Å². The number of carbonyl (C=O) groups is 1. The molecule has 4 aromatic carbocycles. The molecule has 0 aromatic heterocycles. The second-order valence-electron chi connectivity index (χ2n) is 11.9. The summed E-state index contributed by atoms with van der Waals surface area (Å²) in [5, 5.41) is 27.5. The van der Waals surface area contributed by atoms with Gasteiger partial charge in [-0.05, 0) is 60.0 Å². The average Bonchev–Trinajstić information content (AvgIpc) is 3.11. The smallest absolute Gasteiger partial charge is 0.397 e. The Kier molecular flexibility index (Phi) is 14.7. The summed E-state index contributed by atoms with van der Waals surface area (Å²) >= 11 is 0. The molecule has 332 valence electrons. The Morgan fingerprint density at radius 2 is 1.16 bits per heavy atom. The zero-order chi connectivity index (χ0) is 45.8. The molecule has 0 saturated heterocycles. The van der Waals surface area contributed by atoms with Crippen molar-refractivity contribution in [1.82, 2.24) is 5.32 Å². The number of nitrogens with zero attached hydrogens (tertiary/aromatic N) is 4. The summed E-state index contributed by atoms with van der Waals surface area (Å²) in [5.74, 6) is -4.31. The van der Waals surface area contributed by atoms with E-state index in [2.05, 4.69) is 34.1 Å². The molecule has 4 rings (SSSR count). The van der Waals surface area contributed by atoms with Crippen molar-refractivity contribution in [3.63, 3.8) is 0 Å². The Labute approximate surface area is 346 Å². The molecule has 0 aliphatic rings. The summed E-state index contributed by atoms with van der Waals surface area (Å²) in [5.41, 5.74) is 3.16. The Morgan fingerprint density at radius 3 is 1.72 bits per heavy atom. The van der Waals surface area contributed by atoms with Crippen molar-refractivity contribution in [2.45, 2.75) is 14.7 Å². The van der Waals surface area contributed by atoms with Gasteiger partial charge in [0.2, 0.25) is 0 Å². The van der Waals surface area contributed by atoms with Crippen molar-refractivity contribution in [1.29, 1.82) is 0 Å². The van der Waals surface area contributed by atoms with Crippen molar-refractivity contribution in [3.05, 3.63) is 66.2 Å². The summed E-state index contributed by atoms with van der Waals surface area (Å²) in [6.07, 6.45) is 0. The van der Waals surface area contributed by atoms with Crippen molar-refractivity contribution >= 4 is 106 Å². The maximum Gasteiger partial charge on any atom is 0.397 e. The Morgan fingerprint density at radius 1 is 0.639 bits per heavy atom. The number of sulfone groups is 2. The fourth-order valence-electron chi connectivity index (χ4n) is 4.91. The molecule has 61 heavy (non-hydrogen) atoms. The van der Waals surface area contributed by atoms with Crippen molar-refractivity contribution in [3.8, 4) is 5.75 Å². The molecule has 4 aromatic rings. The molecule has 0 radical (unpaired) electrons. The third-order valence-electron chi connectivity index (χ3n) is 7.61. The van der Waals surface area contributed by atoms with Crippen LogP contribution in [0.2, 0.25) is 0 Å². The standard InChI is InChI=1S/C29H30N6O20S6/c30-25-24-18(15-22(58(42,43)44)26(25)34-32-19-4-6-21(7-5-19)57(40,41)13-10-55-61(51,52)53)16-23(59(45,46)47)27(28(24)36)35-33-20-3-1-2-17(14-20)29(37)31-8-11-56(38,39)12-9-54-60(48,49)50/h1-7,14-16,36H,8-13,30H2,(H,31,37)(H,42,43,44)(H,45,46,47)(H,48,49,50)(H,51,52,53)/b34-32+,35-33+. The summed E-state index contributed by atoms with van der Waals surface area (Å²) < 4.78 is 187. The van der Waals surface area contributed by atoms with E-state index in [4.69, 9.17) is 14.8 Å². The summed E-state index contributed by atoms with van der Waals surface area (Å²) in [6, 6.07) is 10.2. The van der Waals surface area contributed by atoms with Gasteiger partial charge in [0, 0.05) is 12.1 Å². The van der Waals surface area contributed by atoms with E-state index in [1.54, 1.807) is 0 Å². The molecular weight excluding hydrogens is 945 g/mol. The number of anilines is 1. The highest BCUT2D eigenvalue weighted by Crippen LogP contribution is 2.48. The largest absolute Gasteiger partial charge is 0.505 e. The van der Waals surface area contributed by atoms with Gasteiger partial charge in [-0.2, -0.15) is 43.9 Å². The molecule has 0 unspecified atom stereocenters. The van der Waals surface area contributed by atoms with Crippen LogP contribution in [-0.2, 0) is 69.1 Å². The number of carbonyl (C=O) groups excluding carboxylic acids is 1. The Hall–Kier alpha value is -5.13. The number of nitrogens with one attached hydrogen (secondary N) is 1. The first-order valence-corrected chi connectivity index (χ1v) is 25.1. The third-order valence-corrected chi connectivity index (χ3v) is 13.6. The predicted molar refractivity (Wildman–Crippen MR) is 209 cm³/mol. The van der Waals surface area contributed by atoms with E-state index in [1.807, 2.05) is 0 Å². The van der Waals surface area contributed by atoms with Crippen LogP contribution in [0.4, 0.5) is 28.4 Å². The van der Waals surface area contributed by atoms with Gasteiger partial charge in [-0.1, -0.05) is 6.07 Å². The van der Waals surface area contributed by atoms with Gasteiger partial charge < -0.3 is 16.2 Å². The molecule has 8 N–H and O–H groups in total. The monoisotopic (exact) mass is 974 g/mol. The first kappa shape index (κ1) is 48.5. The normalized spacial score (nSPS) is 13.3. The maximum absolute atomic E-state index is 12.7. The Bertz CT molecular complexity index is 3120. The lowest BCUT2D eigenvalue weighted by Gasteiger charge is -2.14. The van der Waals surface area contributed by atoms with Crippen LogP contribution >= 0.6 is 0 Å². The molecule has 32 heteroatoms. The highest BCUT2D eigenvalue weighted by Gasteiger charge is 2.28. The summed E-state index contributed by atoms with van der Waals surface area (Å²) in [7, 11) is -28.5. The number of aromatic hydroxyl groups is 1. The van der Waals surface area contributed by atoms with Crippen LogP contribution < -0.4 is 11.1 Å². The summed E-state index contributed by atoms with van der Waals surface area (Å²) in [4.78, 5) is 10.1. The number of nitrogen functional groups attached to an aromatic ring is 1. The minimum absolute atomic E-state index is 0.139. The lowest BCUT2D eigenvalue weighted by Crippen LogP contribution is -2.30. The van der Waals surface area contributed by atoms with Crippen LogP contribution in [0.1, 0.15) is 10.4 Å². The van der Waals surface area contributed by atoms with Gasteiger partial charge in [0.05, 0.1) is 57.8 Å². The van der Waals surface area contributed by atoms with E-state index < -0.39 is 147 Å².